The van der Waals surface area contributed by atoms with E-state index in [2.05, 4.69) is 5.32 Å². The minimum absolute atomic E-state index is 0.0102. The van der Waals surface area contributed by atoms with Gasteiger partial charge < -0.3 is 10.1 Å². The second-order valence-corrected chi connectivity index (χ2v) is 9.37. The van der Waals surface area contributed by atoms with Crippen LogP contribution in [0.1, 0.15) is 38.7 Å². The number of hydrogen-bond acceptors (Lipinski definition) is 4. The number of para-hydroxylation sites is 1. The monoisotopic (exact) mass is 416 g/mol. The Balaban J connectivity index is 1.70. The Hall–Kier alpha value is -2.38. The standard InChI is InChI=1S/C22H28N2O4S/c1-16-7-6-8-17(2)24(16)29(26,27)20-13-11-19(12-14-20)23-22(25)15-18-9-4-5-10-21(18)28-3/h4-5,9-14,16-17H,6-8,15H2,1-3H3,(H,23,25). The van der Waals surface area contributed by atoms with Crippen molar-refractivity contribution in [1.29, 1.82) is 0 Å². The lowest BCUT2D eigenvalue weighted by Gasteiger charge is -2.37. The van der Waals surface area contributed by atoms with Crippen LogP contribution in [0.2, 0.25) is 0 Å². The maximum absolute atomic E-state index is 13.1. The largest absolute Gasteiger partial charge is 0.496 e. The Morgan fingerprint density at radius 2 is 1.69 bits per heavy atom. The average Bonchev–Trinajstić information content (AvgIpc) is 2.68. The first kappa shape index (κ1) is 21.3. The molecule has 0 bridgehead atoms. The number of carbonyl (C=O) groups is 1. The molecule has 1 saturated heterocycles. The van der Waals surface area contributed by atoms with E-state index in [1.165, 1.54) is 0 Å². The third kappa shape index (κ3) is 4.79. The summed E-state index contributed by atoms with van der Waals surface area (Å²) in [5.41, 5.74) is 1.35. The van der Waals surface area contributed by atoms with Crippen LogP contribution in [-0.2, 0) is 21.2 Å². The zero-order chi connectivity index (χ0) is 21.0. The molecule has 1 N–H and O–H groups in total. The van der Waals surface area contributed by atoms with Crippen LogP contribution >= 0.6 is 0 Å². The maximum Gasteiger partial charge on any atom is 0.243 e. The molecule has 2 atom stereocenters. The lowest BCUT2D eigenvalue weighted by molar-refractivity contribution is -0.115. The molecular weight excluding hydrogens is 388 g/mol. The summed E-state index contributed by atoms with van der Waals surface area (Å²) in [6.45, 7) is 3.92. The molecule has 1 amide bonds. The van der Waals surface area contributed by atoms with Crippen LogP contribution in [0.4, 0.5) is 5.69 Å². The van der Waals surface area contributed by atoms with Crippen molar-refractivity contribution in [2.45, 2.75) is 56.5 Å². The highest BCUT2D eigenvalue weighted by atomic mass is 32.2. The second-order valence-electron chi connectivity index (χ2n) is 7.53. The maximum atomic E-state index is 13.1. The fraction of sp³-hybridized carbons (Fsp3) is 0.409. The quantitative estimate of drug-likeness (QED) is 0.777. The highest BCUT2D eigenvalue weighted by molar-refractivity contribution is 7.89. The molecule has 1 aliphatic rings. The van der Waals surface area contributed by atoms with Gasteiger partial charge in [0, 0.05) is 23.3 Å². The highest BCUT2D eigenvalue weighted by Gasteiger charge is 2.35. The third-order valence-corrected chi connectivity index (χ3v) is 7.51. The van der Waals surface area contributed by atoms with Crippen LogP contribution < -0.4 is 10.1 Å². The highest BCUT2D eigenvalue weighted by Crippen LogP contribution is 2.30. The van der Waals surface area contributed by atoms with E-state index in [0.717, 1.165) is 24.8 Å². The first-order valence-electron chi connectivity index (χ1n) is 9.88. The first-order chi connectivity index (χ1) is 13.8. The Morgan fingerprint density at radius 1 is 1.07 bits per heavy atom. The number of benzene rings is 2. The number of hydrogen-bond donors (Lipinski definition) is 1. The molecule has 2 unspecified atom stereocenters. The molecule has 6 nitrogen and oxygen atoms in total. The van der Waals surface area contributed by atoms with Gasteiger partial charge >= 0.3 is 0 Å². The fourth-order valence-corrected chi connectivity index (χ4v) is 5.81. The molecular formula is C22H28N2O4S. The van der Waals surface area contributed by atoms with E-state index in [1.54, 1.807) is 35.7 Å². The molecule has 0 saturated carbocycles. The van der Waals surface area contributed by atoms with Gasteiger partial charge in [-0.1, -0.05) is 24.6 Å². The van der Waals surface area contributed by atoms with Gasteiger partial charge in [-0.15, -0.1) is 0 Å². The molecule has 2 aromatic rings. The van der Waals surface area contributed by atoms with E-state index in [-0.39, 0.29) is 29.3 Å². The molecule has 0 spiro atoms. The zero-order valence-corrected chi connectivity index (χ0v) is 17.9. The summed E-state index contributed by atoms with van der Waals surface area (Å²) in [6, 6.07) is 13.7. The van der Waals surface area contributed by atoms with E-state index in [9.17, 15) is 13.2 Å². The van der Waals surface area contributed by atoms with Crippen LogP contribution in [0.3, 0.4) is 0 Å². The number of piperidine rings is 1. The molecule has 0 aliphatic carbocycles. The van der Waals surface area contributed by atoms with Crippen molar-refractivity contribution in [2.75, 3.05) is 12.4 Å². The minimum atomic E-state index is -3.56. The second kappa shape index (κ2) is 8.97. The number of sulfonamides is 1. The first-order valence-corrected chi connectivity index (χ1v) is 11.3. The molecule has 1 aliphatic heterocycles. The molecule has 3 rings (SSSR count). The van der Waals surface area contributed by atoms with Crippen LogP contribution in [-0.4, -0.2) is 37.8 Å². The summed E-state index contributed by atoms with van der Waals surface area (Å²) in [7, 11) is -1.99. The number of anilines is 1. The summed E-state index contributed by atoms with van der Waals surface area (Å²) >= 11 is 0. The van der Waals surface area contributed by atoms with Gasteiger partial charge in [0.15, 0.2) is 0 Å². The van der Waals surface area contributed by atoms with Crippen LogP contribution in [0.25, 0.3) is 0 Å². The van der Waals surface area contributed by atoms with Gasteiger partial charge in [0.1, 0.15) is 5.75 Å². The third-order valence-electron chi connectivity index (χ3n) is 5.37. The lowest BCUT2D eigenvalue weighted by Crippen LogP contribution is -2.47. The van der Waals surface area contributed by atoms with Crippen molar-refractivity contribution in [3.05, 3.63) is 54.1 Å². The van der Waals surface area contributed by atoms with E-state index < -0.39 is 10.0 Å². The van der Waals surface area contributed by atoms with Crippen molar-refractivity contribution >= 4 is 21.6 Å². The number of amides is 1. The fourth-order valence-electron chi connectivity index (χ4n) is 3.93. The summed E-state index contributed by atoms with van der Waals surface area (Å²) in [4.78, 5) is 12.6. The predicted molar refractivity (Wildman–Crippen MR) is 114 cm³/mol. The minimum Gasteiger partial charge on any atom is -0.496 e. The van der Waals surface area contributed by atoms with E-state index in [1.807, 2.05) is 38.1 Å². The molecule has 7 heteroatoms. The van der Waals surface area contributed by atoms with Gasteiger partial charge in [0.2, 0.25) is 15.9 Å². The molecule has 1 heterocycles. The molecule has 156 valence electrons. The van der Waals surface area contributed by atoms with E-state index in [0.29, 0.717) is 11.4 Å². The van der Waals surface area contributed by atoms with Crippen molar-refractivity contribution in [2.24, 2.45) is 0 Å². The van der Waals surface area contributed by atoms with Crippen molar-refractivity contribution in [1.82, 2.24) is 4.31 Å². The molecule has 1 fully saturated rings. The normalized spacial score (nSPS) is 20.2. The average molecular weight is 417 g/mol. The van der Waals surface area contributed by atoms with Crippen molar-refractivity contribution < 1.29 is 17.9 Å². The number of ether oxygens (including phenoxy) is 1. The summed E-state index contributed by atoms with van der Waals surface area (Å²) in [6.07, 6.45) is 2.97. The molecule has 2 aromatic carbocycles. The smallest absolute Gasteiger partial charge is 0.243 e. The van der Waals surface area contributed by atoms with Crippen LogP contribution in [0.15, 0.2) is 53.4 Å². The lowest BCUT2D eigenvalue weighted by atomic mass is 10.0. The molecule has 29 heavy (non-hydrogen) atoms. The Morgan fingerprint density at radius 3 is 2.31 bits per heavy atom. The van der Waals surface area contributed by atoms with Crippen LogP contribution in [0.5, 0.6) is 5.75 Å². The summed E-state index contributed by atoms with van der Waals surface area (Å²) in [5, 5.41) is 2.81. The molecule has 0 radical (unpaired) electrons. The van der Waals surface area contributed by atoms with E-state index >= 15 is 0 Å². The topological polar surface area (TPSA) is 75.7 Å². The van der Waals surface area contributed by atoms with Gasteiger partial charge in [-0.25, -0.2) is 8.42 Å². The van der Waals surface area contributed by atoms with Gasteiger partial charge in [-0.2, -0.15) is 4.31 Å². The Kier molecular flexibility index (Phi) is 6.59. The number of rotatable bonds is 6. The van der Waals surface area contributed by atoms with Gasteiger partial charge in [0.05, 0.1) is 18.4 Å². The van der Waals surface area contributed by atoms with Gasteiger partial charge in [-0.3, -0.25) is 4.79 Å². The Labute approximate surface area is 172 Å². The zero-order valence-electron chi connectivity index (χ0n) is 17.1. The number of carbonyl (C=O) groups excluding carboxylic acids is 1. The van der Waals surface area contributed by atoms with Gasteiger partial charge in [0.25, 0.3) is 0 Å². The number of nitrogens with one attached hydrogen (secondary N) is 1. The van der Waals surface area contributed by atoms with Crippen LogP contribution in [0, 0.1) is 0 Å². The summed E-state index contributed by atoms with van der Waals surface area (Å²) < 4.78 is 33.0. The number of methoxy groups -OCH3 is 1. The number of nitrogens with zero attached hydrogens (tertiary/aromatic N) is 1. The predicted octanol–water partition coefficient (Wildman–Crippen LogP) is 3.83. The Bertz CT molecular complexity index is 947. The summed E-state index contributed by atoms with van der Waals surface area (Å²) in [5.74, 6) is 0.470. The molecule has 0 aromatic heterocycles. The van der Waals surface area contributed by atoms with Gasteiger partial charge in [-0.05, 0) is 57.0 Å². The van der Waals surface area contributed by atoms with Crippen molar-refractivity contribution in [3.63, 3.8) is 0 Å². The SMILES string of the molecule is COc1ccccc1CC(=O)Nc1ccc(S(=O)(=O)N2C(C)CCCC2C)cc1. The van der Waals surface area contributed by atoms with E-state index in [4.69, 9.17) is 4.74 Å². The van der Waals surface area contributed by atoms with Crippen molar-refractivity contribution in [3.8, 4) is 5.75 Å².